The lowest BCUT2D eigenvalue weighted by Gasteiger charge is -2.14. The Morgan fingerprint density at radius 3 is 2.71 bits per heavy atom. The van der Waals surface area contributed by atoms with E-state index in [0.29, 0.717) is 18.4 Å². The average molecular weight is 317 g/mol. The summed E-state index contributed by atoms with van der Waals surface area (Å²) in [6.07, 6.45) is 3.13. The van der Waals surface area contributed by atoms with E-state index in [-0.39, 0.29) is 11.9 Å². The maximum atomic E-state index is 12.2. The molecule has 120 valence electrons. The number of nitrogens with zero attached hydrogens (tertiary/aromatic N) is 1. The molecule has 1 atom stereocenters. The molecule has 4 nitrogen and oxygen atoms in total. The monoisotopic (exact) mass is 317 g/mol. The van der Waals surface area contributed by atoms with E-state index >= 15 is 0 Å². The second-order valence-corrected chi connectivity index (χ2v) is 5.88. The van der Waals surface area contributed by atoms with Crippen molar-refractivity contribution >= 4 is 16.8 Å². The zero-order chi connectivity index (χ0) is 16.9. The van der Waals surface area contributed by atoms with Gasteiger partial charge < -0.3 is 10.3 Å². The van der Waals surface area contributed by atoms with Crippen molar-refractivity contribution in [2.24, 2.45) is 0 Å². The number of hydrogen-bond donors (Lipinski definition) is 2. The third kappa shape index (κ3) is 3.47. The summed E-state index contributed by atoms with van der Waals surface area (Å²) in [5.41, 5.74) is 3.87. The molecule has 0 spiro atoms. The lowest BCUT2D eigenvalue weighted by Crippen LogP contribution is -2.26. The first-order valence-corrected chi connectivity index (χ1v) is 8.02. The van der Waals surface area contributed by atoms with E-state index in [9.17, 15) is 4.79 Å². The van der Waals surface area contributed by atoms with Gasteiger partial charge in [0, 0.05) is 23.5 Å². The largest absolute Gasteiger partial charge is 0.361 e. The first kappa shape index (κ1) is 15.8. The third-order valence-corrected chi connectivity index (χ3v) is 4.21. The van der Waals surface area contributed by atoms with Crippen LogP contribution in [0.3, 0.4) is 0 Å². The number of fused-ring (bicyclic) bond motifs is 1. The molecule has 0 aliphatic heterocycles. The Balaban J connectivity index is 1.58. The van der Waals surface area contributed by atoms with Crippen molar-refractivity contribution in [3.05, 3.63) is 71.4 Å². The van der Waals surface area contributed by atoms with Crippen LogP contribution in [0.4, 0.5) is 0 Å². The van der Waals surface area contributed by atoms with Gasteiger partial charge in [-0.05, 0) is 42.7 Å². The fourth-order valence-electron chi connectivity index (χ4n) is 2.83. The lowest BCUT2D eigenvalue weighted by atomic mass is 10.1. The number of carbonyl (C=O) groups is 1. The SMILES string of the molecule is CC(NC(=O)CCc1c[nH]c2ccccc12)c1ccc(C#N)cc1. The Morgan fingerprint density at radius 1 is 1.21 bits per heavy atom. The molecule has 1 heterocycles. The van der Waals surface area contributed by atoms with Crippen LogP contribution in [0.1, 0.15) is 36.1 Å². The quantitative estimate of drug-likeness (QED) is 0.750. The van der Waals surface area contributed by atoms with Gasteiger partial charge in [0.15, 0.2) is 0 Å². The fraction of sp³-hybridized carbons (Fsp3) is 0.200. The first-order valence-electron chi connectivity index (χ1n) is 8.02. The minimum absolute atomic E-state index is 0.0251. The zero-order valence-electron chi connectivity index (χ0n) is 13.5. The molecular formula is C20H19N3O. The second-order valence-electron chi connectivity index (χ2n) is 5.88. The molecule has 0 bridgehead atoms. The van der Waals surface area contributed by atoms with Crippen LogP contribution >= 0.6 is 0 Å². The van der Waals surface area contributed by atoms with Gasteiger partial charge in [0.1, 0.15) is 0 Å². The van der Waals surface area contributed by atoms with Gasteiger partial charge in [-0.2, -0.15) is 5.26 Å². The number of aryl methyl sites for hydroxylation is 1. The molecule has 0 aliphatic carbocycles. The number of H-pyrrole nitrogens is 1. The van der Waals surface area contributed by atoms with Crippen LogP contribution in [-0.4, -0.2) is 10.9 Å². The van der Waals surface area contributed by atoms with Crippen LogP contribution in [0.15, 0.2) is 54.7 Å². The molecule has 2 aromatic carbocycles. The van der Waals surface area contributed by atoms with Crippen molar-refractivity contribution in [1.82, 2.24) is 10.3 Å². The highest BCUT2D eigenvalue weighted by atomic mass is 16.1. The fourth-order valence-corrected chi connectivity index (χ4v) is 2.83. The standard InChI is InChI=1S/C20H19N3O/c1-14(16-8-6-15(12-21)7-9-16)23-20(24)11-10-17-13-22-19-5-3-2-4-18(17)19/h2-9,13-14,22H,10-11H2,1H3,(H,23,24). The van der Waals surface area contributed by atoms with Gasteiger partial charge in [-0.1, -0.05) is 30.3 Å². The number of aromatic amines is 1. The number of nitrogens with one attached hydrogen (secondary N) is 2. The Kier molecular flexibility index (Phi) is 4.62. The predicted molar refractivity (Wildman–Crippen MR) is 94.3 cm³/mol. The molecule has 2 N–H and O–H groups in total. The average Bonchev–Trinajstić information content (AvgIpc) is 3.03. The van der Waals surface area contributed by atoms with Crippen molar-refractivity contribution < 1.29 is 4.79 Å². The van der Waals surface area contributed by atoms with E-state index in [1.54, 1.807) is 12.1 Å². The van der Waals surface area contributed by atoms with Gasteiger partial charge in [-0.15, -0.1) is 0 Å². The second kappa shape index (κ2) is 7.01. The minimum Gasteiger partial charge on any atom is -0.361 e. The van der Waals surface area contributed by atoms with Crippen LogP contribution < -0.4 is 5.32 Å². The highest BCUT2D eigenvalue weighted by molar-refractivity contribution is 5.84. The molecule has 0 aliphatic rings. The Hall–Kier alpha value is -3.06. The molecular weight excluding hydrogens is 298 g/mol. The van der Waals surface area contributed by atoms with Gasteiger partial charge in [0.05, 0.1) is 17.7 Å². The summed E-state index contributed by atoms with van der Waals surface area (Å²) in [6.45, 7) is 1.95. The van der Waals surface area contributed by atoms with Crippen LogP contribution in [0.25, 0.3) is 10.9 Å². The van der Waals surface area contributed by atoms with E-state index in [2.05, 4.69) is 22.4 Å². The zero-order valence-corrected chi connectivity index (χ0v) is 13.5. The Morgan fingerprint density at radius 2 is 1.96 bits per heavy atom. The number of nitriles is 1. The van der Waals surface area contributed by atoms with Crippen molar-refractivity contribution in [2.45, 2.75) is 25.8 Å². The summed E-state index contributed by atoms with van der Waals surface area (Å²) in [4.78, 5) is 15.4. The molecule has 0 saturated heterocycles. The Bertz CT molecular complexity index is 887. The van der Waals surface area contributed by atoms with Gasteiger partial charge in [-0.3, -0.25) is 4.79 Å². The van der Waals surface area contributed by atoms with Crippen LogP contribution in [-0.2, 0) is 11.2 Å². The van der Waals surface area contributed by atoms with Gasteiger partial charge >= 0.3 is 0 Å². The summed E-state index contributed by atoms with van der Waals surface area (Å²) in [5.74, 6) is 0.0251. The lowest BCUT2D eigenvalue weighted by molar-refractivity contribution is -0.121. The summed E-state index contributed by atoms with van der Waals surface area (Å²) in [7, 11) is 0. The van der Waals surface area contributed by atoms with E-state index in [0.717, 1.165) is 16.6 Å². The molecule has 1 amide bonds. The van der Waals surface area contributed by atoms with Gasteiger partial charge in [-0.25, -0.2) is 0 Å². The molecule has 0 fully saturated rings. The maximum absolute atomic E-state index is 12.2. The number of hydrogen-bond acceptors (Lipinski definition) is 2. The van der Waals surface area contributed by atoms with Crippen LogP contribution in [0.2, 0.25) is 0 Å². The van der Waals surface area contributed by atoms with Crippen LogP contribution in [0.5, 0.6) is 0 Å². The smallest absolute Gasteiger partial charge is 0.220 e. The van der Waals surface area contributed by atoms with E-state index < -0.39 is 0 Å². The number of benzene rings is 2. The predicted octanol–water partition coefficient (Wildman–Crippen LogP) is 3.85. The number of carbonyl (C=O) groups excluding carboxylic acids is 1. The molecule has 4 heteroatoms. The van der Waals surface area contributed by atoms with Gasteiger partial charge in [0.2, 0.25) is 5.91 Å². The van der Waals surface area contributed by atoms with E-state index in [4.69, 9.17) is 5.26 Å². The Labute approximate surface area is 141 Å². The maximum Gasteiger partial charge on any atom is 0.220 e. The normalized spacial score (nSPS) is 11.8. The summed E-state index contributed by atoms with van der Waals surface area (Å²) >= 11 is 0. The summed E-state index contributed by atoms with van der Waals surface area (Å²) in [5, 5.41) is 13.0. The molecule has 1 unspecified atom stereocenters. The number of aromatic nitrogens is 1. The number of para-hydroxylation sites is 1. The molecule has 0 radical (unpaired) electrons. The van der Waals surface area contributed by atoms with Crippen molar-refractivity contribution in [2.75, 3.05) is 0 Å². The highest BCUT2D eigenvalue weighted by Crippen LogP contribution is 2.19. The van der Waals surface area contributed by atoms with Crippen molar-refractivity contribution in [3.8, 4) is 6.07 Å². The van der Waals surface area contributed by atoms with E-state index in [1.165, 1.54) is 5.39 Å². The number of rotatable bonds is 5. The summed E-state index contributed by atoms with van der Waals surface area (Å²) < 4.78 is 0. The molecule has 24 heavy (non-hydrogen) atoms. The number of amides is 1. The minimum atomic E-state index is -0.0757. The molecule has 1 aromatic heterocycles. The van der Waals surface area contributed by atoms with E-state index in [1.807, 2.05) is 43.5 Å². The molecule has 3 aromatic rings. The molecule has 3 rings (SSSR count). The first-order chi connectivity index (χ1) is 11.7. The topological polar surface area (TPSA) is 68.7 Å². The van der Waals surface area contributed by atoms with Crippen LogP contribution in [0, 0.1) is 11.3 Å². The third-order valence-electron chi connectivity index (χ3n) is 4.21. The van der Waals surface area contributed by atoms with Gasteiger partial charge in [0.25, 0.3) is 0 Å². The molecule has 0 saturated carbocycles. The summed E-state index contributed by atoms with van der Waals surface area (Å²) in [6, 6.07) is 17.4. The highest BCUT2D eigenvalue weighted by Gasteiger charge is 2.11. The van der Waals surface area contributed by atoms with Crippen molar-refractivity contribution in [1.29, 1.82) is 5.26 Å². The van der Waals surface area contributed by atoms with Crippen molar-refractivity contribution in [3.63, 3.8) is 0 Å².